The third-order valence-corrected chi connectivity index (χ3v) is 4.39. The fraction of sp³-hybridized carbons (Fsp3) is 0.235. The Kier molecular flexibility index (Phi) is 4.30. The Morgan fingerprint density at radius 1 is 1.35 bits per heavy atom. The summed E-state index contributed by atoms with van der Waals surface area (Å²) < 4.78 is 0. The summed E-state index contributed by atoms with van der Waals surface area (Å²) in [5, 5.41) is 3.47. The summed E-state index contributed by atoms with van der Waals surface area (Å²) in [4.78, 5) is 30.2. The molecule has 1 fully saturated rings. The fourth-order valence-corrected chi connectivity index (χ4v) is 2.80. The number of hydrogen-bond acceptors (Lipinski definition) is 3. The lowest BCUT2D eigenvalue weighted by atomic mass is 10.1. The molecule has 2 aromatic rings. The predicted molar refractivity (Wildman–Crippen MR) is 89.5 cm³/mol. The van der Waals surface area contributed by atoms with Crippen molar-refractivity contribution in [3.8, 4) is 0 Å². The van der Waals surface area contributed by atoms with Crippen molar-refractivity contribution in [1.82, 2.24) is 4.98 Å². The number of pyridine rings is 1. The van der Waals surface area contributed by atoms with Crippen LogP contribution in [0.25, 0.3) is 0 Å². The van der Waals surface area contributed by atoms with Crippen LogP contribution in [0.5, 0.6) is 0 Å². The van der Waals surface area contributed by atoms with Crippen LogP contribution in [-0.4, -0.2) is 23.3 Å². The molecular formula is C17H16ClN3O2. The molecule has 0 bridgehead atoms. The highest BCUT2D eigenvalue weighted by atomic mass is 35.5. The Morgan fingerprint density at radius 3 is 2.91 bits per heavy atom. The lowest BCUT2D eigenvalue weighted by molar-refractivity contribution is -0.122. The number of nitrogens with one attached hydrogen (secondary N) is 1. The molecule has 1 aromatic carbocycles. The van der Waals surface area contributed by atoms with Crippen LogP contribution < -0.4 is 10.2 Å². The van der Waals surface area contributed by atoms with E-state index < -0.39 is 0 Å². The van der Waals surface area contributed by atoms with Crippen LogP contribution in [0.15, 0.2) is 42.7 Å². The molecule has 1 aromatic heterocycles. The Hall–Kier alpha value is -2.40. The normalized spacial score (nSPS) is 17.4. The van der Waals surface area contributed by atoms with Gasteiger partial charge in [-0.3, -0.25) is 14.6 Å². The first-order valence-electron chi connectivity index (χ1n) is 7.32. The van der Waals surface area contributed by atoms with Gasteiger partial charge in [0.05, 0.1) is 17.8 Å². The minimum absolute atomic E-state index is 0.0685. The van der Waals surface area contributed by atoms with Gasteiger partial charge in [-0.1, -0.05) is 17.7 Å². The summed E-state index contributed by atoms with van der Waals surface area (Å²) in [5.74, 6) is -0.628. The van der Waals surface area contributed by atoms with Crippen molar-refractivity contribution in [3.63, 3.8) is 0 Å². The summed E-state index contributed by atoms with van der Waals surface area (Å²) in [5.41, 5.74) is 2.21. The van der Waals surface area contributed by atoms with E-state index >= 15 is 0 Å². The third kappa shape index (κ3) is 3.19. The van der Waals surface area contributed by atoms with Gasteiger partial charge in [0.15, 0.2) is 0 Å². The standard InChI is InChI=1S/C17H16ClN3O2/c1-11-14(18)5-2-6-15(11)20-17(23)12-8-16(22)21(10-12)13-4-3-7-19-9-13/h2-7,9,12H,8,10H2,1H3,(H,20,23). The maximum atomic E-state index is 12.5. The number of halogens is 1. The molecule has 2 amide bonds. The average Bonchev–Trinajstić information content (AvgIpc) is 2.95. The quantitative estimate of drug-likeness (QED) is 0.941. The second-order valence-electron chi connectivity index (χ2n) is 5.52. The highest BCUT2D eigenvalue weighted by Crippen LogP contribution is 2.27. The Morgan fingerprint density at radius 2 is 2.17 bits per heavy atom. The second-order valence-corrected chi connectivity index (χ2v) is 5.93. The molecule has 23 heavy (non-hydrogen) atoms. The number of benzene rings is 1. The number of nitrogens with zero attached hydrogens (tertiary/aromatic N) is 2. The predicted octanol–water partition coefficient (Wildman–Crippen LogP) is 3.04. The van der Waals surface area contributed by atoms with Crippen molar-refractivity contribution in [1.29, 1.82) is 0 Å². The van der Waals surface area contributed by atoms with Gasteiger partial charge in [-0.05, 0) is 36.8 Å². The lowest BCUT2D eigenvalue weighted by Crippen LogP contribution is -2.28. The average molecular weight is 330 g/mol. The Balaban J connectivity index is 1.72. The lowest BCUT2D eigenvalue weighted by Gasteiger charge is -2.16. The van der Waals surface area contributed by atoms with Crippen LogP contribution >= 0.6 is 11.6 Å². The van der Waals surface area contributed by atoms with Crippen molar-refractivity contribution >= 4 is 34.8 Å². The molecule has 0 spiro atoms. The van der Waals surface area contributed by atoms with Crippen LogP contribution in [-0.2, 0) is 9.59 Å². The number of amides is 2. The summed E-state index contributed by atoms with van der Waals surface area (Å²) in [6.45, 7) is 2.20. The van der Waals surface area contributed by atoms with Crippen molar-refractivity contribution in [2.24, 2.45) is 5.92 Å². The number of carbonyl (C=O) groups excluding carboxylic acids is 2. The summed E-state index contributed by atoms with van der Waals surface area (Å²) in [6, 6.07) is 8.94. The monoisotopic (exact) mass is 329 g/mol. The van der Waals surface area contributed by atoms with Gasteiger partial charge in [0.2, 0.25) is 11.8 Å². The van der Waals surface area contributed by atoms with Gasteiger partial charge < -0.3 is 10.2 Å². The molecule has 1 unspecified atom stereocenters. The molecule has 5 nitrogen and oxygen atoms in total. The number of hydrogen-bond donors (Lipinski definition) is 1. The molecule has 0 saturated carbocycles. The number of carbonyl (C=O) groups is 2. The first kappa shape index (κ1) is 15.5. The van der Waals surface area contributed by atoms with E-state index in [9.17, 15) is 9.59 Å². The molecule has 1 aliphatic rings. The Bertz CT molecular complexity index is 749. The highest BCUT2D eigenvalue weighted by molar-refractivity contribution is 6.31. The zero-order valence-electron chi connectivity index (χ0n) is 12.6. The maximum Gasteiger partial charge on any atom is 0.229 e. The van der Waals surface area contributed by atoms with Crippen LogP contribution in [0.1, 0.15) is 12.0 Å². The molecule has 0 radical (unpaired) electrons. The third-order valence-electron chi connectivity index (χ3n) is 3.98. The molecule has 1 atom stereocenters. The largest absolute Gasteiger partial charge is 0.325 e. The van der Waals surface area contributed by atoms with E-state index in [1.807, 2.05) is 13.0 Å². The highest BCUT2D eigenvalue weighted by Gasteiger charge is 2.35. The van der Waals surface area contributed by atoms with Gasteiger partial charge >= 0.3 is 0 Å². The van der Waals surface area contributed by atoms with E-state index in [1.54, 1.807) is 41.6 Å². The van der Waals surface area contributed by atoms with Crippen LogP contribution in [0.2, 0.25) is 5.02 Å². The molecule has 3 rings (SSSR count). The van der Waals surface area contributed by atoms with E-state index in [-0.39, 0.29) is 24.2 Å². The van der Waals surface area contributed by atoms with Gasteiger partial charge in [-0.25, -0.2) is 0 Å². The SMILES string of the molecule is Cc1c(Cl)cccc1NC(=O)C1CC(=O)N(c2cccnc2)C1. The minimum atomic E-state index is -0.388. The van der Waals surface area contributed by atoms with E-state index in [0.717, 1.165) is 5.56 Å². The fourth-order valence-electron chi connectivity index (χ4n) is 2.62. The molecule has 0 aliphatic carbocycles. The van der Waals surface area contributed by atoms with Crippen LogP contribution in [0, 0.1) is 12.8 Å². The van der Waals surface area contributed by atoms with E-state index in [4.69, 9.17) is 11.6 Å². The Labute approximate surface area is 139 Å². The van der Waals surface area contributed by atoms with E-state index in [1.165, 1.54) is 0 Å². The topological polar surface area (TPSA) is 62.3 Å². The summed E-state index contributed by atoms with van der Waals surface area (Å²) >= 11 is 6.06. The van der Waals surface area contributed by atoms with Crippen molar-refractivity contribution < 1.29 is 9.59 Å². The summed E-state index contributed by atoms with van der Waals surface area (Å²) in [6.07, 6.45) is 3.47. The molecule has 1 N–H and O–H groups in total. The summed E-state index contributed by atoms with van der Waals surface area (Å²) in [7, 11) is 0. The van der Waals surface area contributed by atoms with Crippen molar-refractivity contribution in [2.75, 3.05) is 16.8 Å². The zero-order chi connectivity index (χ0) is 16.4. The van der Waals surface area contributed by atoms with Crippen LogP contribution in [0.3, 0.4) is 0 Å². The van der Waals surface area contributed by atoms with Crippen molar-refractivity contribution in [2.45, 2.75) is 13.3 Å². The van der Waals surface area contributed by atoms with Crippen LogP contribution in [0.4, 0.5) is 11.4 Å². The maximum absolute atomic E-state index is 12.5. The zero-order valence-corrected chi connectivity index (χ0v) is 13.4. The van der Waals surface area contributed by atoms with Crippen molar-refractivity contribution in [3.05, 3.63) is 53.3 Å². The van der Waals surface area contributed by atoms with Gasteiger partial charge in [0.1, 0.15) is 0 Å². The number of aromatic nitrogens is 1. The van der Waals surface area contributed by atoms with Gasteiger partial charge in [-0.2, -0.15) is 0 Å². The van der Waals surface area contributed by atoms with Gasteiger partial charge in [0.25, 0.3) is 0 Å². The number of rotatable bonds is 3. The molecule has 1 saturated heterocycles. The first-order valence-corrected chi connectivity index (χ1v) is 7.70. The van der Waals surface area contributed by atoms with Gasteiger partial charge in [-0.15, -0.1) is 0 Å². The molecular weight excluding hydrogens is 314 g/mol. The molecule has 1 aliphatic heterocycles. The molecule has 2 heterocycles. The molecule has 6 heteroatoms. The number of anilines is 2. The molecule has 118 valence electrons. The van der Waals surface area contributed by atoms with Gasteiger partial charge in [0, 0.05) is 29.9 Å². The first-order chi connectivity index (χ1) is 11.1. The second kappa shape index (κ2) is 6.38. The van der Waals surface area contributed by atoms with E-state index in [2.05, 4.69) is 10.3 Å². The van der Waals surface area contributed by atoms with E-state index in [0.29, 0.717) is 22.9 Å². The minimum Gasteiger partial charge on any atom is -0.325 e. The smallest absolute Gasteiger partial charge is 0.229 e.